The Kier molecular flexibility index (Phi) is 6.48. The number of alkyl halides is 2. The van der Waals surface area contributed by atoms with Crippen molar-refractivity contribution < 1.29 is 27.8 Å². The van der Waals surface area contributed by atoms with Gasteiger partial charge in [0, 0.05) is 30.3 Å². The van der Waals surface area contributed by atoms with Crippen molar-refractivity contribution in [1.82, 2.24) is 10.3 Å². The average Bonchev–Trinajstić information content (AvgIpc) is 3.08. The molecule has 7 nitrogen and oxygen atoms in total. The highest BCUT2D eigenvalue weighted by atomic mass is 19.3. The fourth-order valence-electron chi connectivity index (χ4n) is 2.98. The lowest BCUT2D eigenvalue weighted by molar-refractivity contribution is -0.118. The van der Waals surface area contributed by atoms with Gasteiger partial charge in [-0.1, -0.05) is 18.2 Å². The summed E-state index contributed by atoms with van der Waals surface area (Å²) in [6.45, 7) is -2.54. The third kappa shape index (κ3) is 5.34. The predicted molar refractivity (Wildman–Crippen MR) is 100 cm³/mol. The number of alkyl carbamates (subject to hydrolysis) is 1. The first-order chi connectivity index (χ1) is 14.0. The summed E-state index contributed by atoms with van der Waals surface area (Å²) < 4.78 is 34.0. The van der Waals surface area contributed by atoms with Crippen molar-refractivity contribution in [3.63, 3.8) is 0 Å². The lowest BCUT2D eigenvalue weighted by atomic mass is 10.0. The van der Waals surface area contributed by atoms with Gasteiger partial charge in [0.2, 0.25) is 0 Å². The molecule has 2 aromatic rings. The Morgan fingerprint density at radius 3 is 2.83 bits per heavy atom. The van der Waals surface area contributed by atoms with E-state index in [-0.39, 0.29) is 24.4 Å². The number of carbonyl (C=O) groups excluding carboxylic acids is 2. The summed E-state index contributed by atoms with van der Waals surface area (Å²) in [7, 11) is 1.26. The van der Waals surface area contributed by atoms with Crippen LogP contribution in [0.4, 0.5) is 13.6 Å². The number of aromatic nitrogens is 1. The van der Waals surface area contributed by atoms with Gasteiger partial charge in [-0.05, 0) is 29.7 Å². The summed E-state index contributed by atoms with van der Waals surface area (Å²) in [4.78, 5) is 32.2. The summed E-state index contributed by atoms with van der Waals surface area (Å²) in [6, 6.07) is 8.19. The zero-order chi connectivity index (χ0) is 20.8. The highest BCUT2D eigenvalue weighted by molar-refractivity contribution is 6.08. The van der Waals surface area contributed by atoms with Crippen molar-refractivity contribution in [1.29, 1.82) is 0 Å². The van der Waals surface area contributed by atoms with Crippen molar-refractivity contribution in [2.75, 3.05) is 7.11 Å². The number of rotatable bonds is 7. The number of benzene rings is 1. The Balaban J connectivity index is 1.58. The van der Waals surface area contributed by atoms with Crippen LogP contribution in [0.15, 0.2) is 41.5 Å². The molecule has 9 heteroatoms. The maximum Gasteiger partial charge on any atom is 0.412 e. The molecule has 1 aromatic heterocycles. The molecule has 0 unspecified atom stereocenters. The third-order valence-electron chi connectivity index (χ3n) is 4.35. The number of aliphatic imine (C=N–C) groups is 1. The molecule has 29 heavy (non-hydrogen) atoms. The van der Waals surface area contributed by atoms with Gasteiger partial charge in [0.25, 0.3) is 0 Å². The molecule has 152 valence electrons. The van der Waals surface area contributed by atoms with Crippen molar-refractivity contribution in [2.45, 2.75) is 32.4 Å². The lowest BCUT2D eigenvalue weighted by Crippen LogP contribution is -2.30. The number of nitrogens with one attached hydrogen (secondary N) is 1. The van der Waals surface area contributed by atoms with Crippen LogP contribution in [-0.2, 0) is 28.9 Å². The van der Waals surface area contributed by atoms with Gasteiger partial charge in [-0.25, -0.2) is 4.79 Å². The number of para-hydroxylation sites is 1. The summed E-state index contributed by atoms with van der Waals surface area (Å²) in [6.07, 6.45) is 1.53. The third-order valence-corrected chi connectivity index (χ3v) is 4.35. The Hall–Kier alpha value is -3.36. The number of Topliss-reactive ketones (excluding diaryl/α,β-unsaturated/α-hetero) is 1. The van der Waals surface area contributed by atoms with E-state index in [1.807, 2.05) is 0 Å². The Bertz CT molecular complexity index is 947. The molecule has 0 saturated heterocycles. The molecular weight excluding hydrogens is 384 g/mol. The van der Waals surface area contributed by atoms with Gasteiger partial charge in [0.15, 0.2) is 0 Å². The van der Waals surface area contributed by atoms with E-state index in [0.29, 0.717) is 35.6 Å². The number of ether oxygens (including phenoxy) is 2. The molecule has 0 saturated carbocycles. The van der Waals surface area contributed by atoms with Crippen LogP contribution < -0.4 is 10.1 Å². The van der Waals surface area contributed by atoms with E-state index in [0.717, 1.165) is 5.56 Å². The second kappa shape index (κ2) is 9.22. The largest absolute Gasteiger partial charge is 0.453 e. The summed E-state index contributed by atoms with van der Waals surface area (Å²) >= 11 is 0. The van der Waals surface area contributed by atoms with Crippen LogP contribution in [0.3, 0.4) is 0 Å². The molecule has 1 aromatic carbocycles. The van der Waals surface area contributed by atoms with E-state index in [2.05, 4.69) is 24.8 Å². The van der Waals surface area contributed by atoms with Crippen molar-refractivity contribution >= 4 is 17.7 Å². The fourth-order valence-corrected chi connectivity index (χ4v) is 2.98. The van der Waals surface area contributed by atoms with Crippen LogP contribution in [0.25, 0.3) is 0 Å². The normalized spacial score (nSPS) is 12.3. The number of amides is 1. The number of hydrogen-bond donors (Lipinski definition) is 1. The molecule has 1 aliphatic rings. The molecule has 0 atom stereocenters. The maximum absolute atomic E-state index is 12.5. The van der Waals surface area contributed by atoms with E-state index in [9.17, 15) is 18.4 Å². The molecular formula is C20H19F2N3O4. The molecule has 0 spiro atoms. The highest BCUT2D eigenvalue weighted by Crippen LogP contribution is 2.22. The van der Waals surface area contributed by atoms with Gasteiger partial charge in [0.05, 0.1) is 13.7 Å². The minimum absolute atomic E-state index is 0.0730. The fraction of sp³-hybridized carbons (Fsp3) is 0.300. The number of ketones is 1. The summed E-state index contributed by atoms with van der Waals surface area (Å²) in [5, 5.41) is 2.52. The van der Waals surface area contributed by atoms with Crippen molar-refractivity contribution in [2.24, 2.45) is 4.99 Å². The van der Waals surface area contributed by atoms with Crippen molar-refractivity contribution in [3.05, 3.63) is 58.9 Å². The van der Waals surface area contributed by atoms with Gasteiger partial charge in [-0.2, -0.15) is 8.78 Å². The van der Waals surface area contributed by atoms with Gasteiger partial charge < -0.3 is 9.47 Å². The first kappa shape index (κ1) is 20.4. The summed E-state index contributed by atoms with van der Waals surface area (Å²) in [5.74, 6) is 0.387. The van der Waals surface area contributed by atoms with Gasteiger partial charge in [0.1, 0.15) is 17.4 Å². The van der Waals surface area contributed by atoms with E-state index < -0.39 is 12.7 Å². The predicted octanol–water partition coefficient (Wildman–Crippen LogP) is 3.04. The van der Waals surface area contributed by atoms with E-state index in [4.69, 9.17) is 0 Å². The van der Waals surface area contributed by atoms with Gasteiger partial charge in [-0.15, -0.1) is 0 Å². The number of amidine groups is 1. The number of halogens is 2. The second-order valence-corrected chi connectivity index (χ2v) is 6.32. The standard InChI is InChI=1S/C20H19F2N3O4/c1-28-20(27)25-18-16-11-23-14(8-13(16)10-24-18)9-15(26)7-6-12-4-2-3-5-17(12)29-19(21)22/h2-5,8,11,19H,6-7,9-10H2,1H3,(H,24,25,27). The Labute approximate surface area is 165 Å². The lowest BCUT2D eigenvalue weighted by Gasteiger charge is -2.10. The van der Waals surface area contributed by atoms with E-state index in [1.54, 1.807) is 30.5 Å². The number of hydrogen-bond acceptors (Lipinski definition) is 6. The molecule has 0 fully saturated rings. The molecule has 3 rings (SSSR count). The first-order valence-electron chi connectivity index (χ1n) is 8.88. The number of nitrogens with zero attached hydrogens (tertiary/aromatic N) is 2. The van der Waals surface area contributed by atoms with Crippen molar-refractivity contribution in [3.8, 4) is 5.75 Å². The SMILES string of the molecule is COC(=O)NC1=NCc2cc(CC(=O)CCc3ccccc3OC(F)F)ncc21. The molecule has 2 heterocycles. The van der Waals surface area contributed by atoms with Crippen LogP contribution in [0, 0.1) is 0 Å². The molecule has 1 N–H and O–H groups in total. The van der Waals surface area contributed by atoms with Crippen LogP contribution in [0.2, 0.25) is 0 Å². The molecule has 0 bridgehead atoms. The highest BCUT2D eigenvalue weighted by Gasteiger charge is 2.20. The molecule has 1 aliphatic heterocycles. The average molecular weight is 403 g/mol. The van der Waals surface area contributed by atoms with Gasteiger partial charge >= 0.3 is 12.7 Å². The molecule has 0 radical (unpaired) electrons. The zero-order valence-electron chi connectivity index (χ0n) is 15.7. The van der Waals surface area contributed by atoms with Crippen LogP contribution in [-0.4, -0.2) is 36.4 Å². The zero-order valence-corrected chi connectivity index (χ0v) is 15.7. The monoisotopic (exact) mass is 403 g/mol. The Morgan fingerprint density at radius 1 is 1.28 bits per heavy atom. The van der Waals surface area contributed by atoms with Crippen LogP contribution >= 0.6 is 0 Å². The minimum Gasteiger partial charge on any atom is -0.453 e. The quantitative estimate of drug-likeness (QED) is 0.768. The maximum atomic E-state index is 12.5. The van der Waals surface area contributed by atoms with Gasteiger partial charge in [-0.3, -0.25) is 20.1 Å². The number of fused-ring (bicyclic) bond motifs is 1. The Morgan fingerprint density at radius 2 is 2.07 bits per heavy atom. The second-order valence-electron chi connectivity index (χ2n) is 6.32. The molecule has 1 amide bonds. The molecule has 0 aliphatic carbocycles. The van der Waals surface area contributed by atoms with E-state index in [1.165, 1.54) is 13.2 Å². The number of pyridine rings is 1. The van der Waals surface area contributed by atoms with Crippen LogP contribution in [0.1, 0.15) is 28.8 Å². The smallest absolute Gasteiger partial charge is 0.412 e. The van der Waals surface area contributed by atoms with Crippen LogP contribution in [0.5, 0.6) is 5.75 Å². The van der Waals surface area contributed by atoms with E-state index >= 15 is 0 Å². The minimum atomic E-state index is -2.91. The number of carbonyl (C=O) groups is 2. The number of aryl methyl sites for hydroxylation is 1. The number of methoxy groups -OCH3 is 1. The first-order valence-corrected chi connectivity index (χ1v) is 8.88. The topological polar surface area (TPSA) is 89.9 Å². The summed E-state index contributed by atoms with van der Waals surface area (Å²) in [5.41, 5.74) is 2.67.